The zero-order valence-corrected chi connectivity index (χ0v) is 20.4. The molecular weight excluding hydrogens is 428 g/mol. The van der Waals surface area contributed by atoms with Crippen molar-refractivity contribution in [3.8, 4) is 5.69 Å². The van der Waals surface area contributed by atoms with E-state index in [2.05, 4.69) is 5.10 Å². The summed E-state index contributed by atoms with van der Waals surface area (Å²) in [7, 11) is 1.73. The van der Waals surface area contributed by atoms with Crippen LogP contribution in [0.3, 0.4) is 0 Å². The lowest BCUT2D eigenvalue weighted by Gasteiger charge is -2.30. The van der Waals surface area contributed by atoms with Crippen molar-refractivity contribution in [3.63, 3.8) is 0 Å². The first-order valence-electron chi connectivity index (χ1n) is 11.9. The highest BCUT2D eigenvalue weighted by atomic mass is 16.2. The van der Waals surface area contributed by atoms with Crippen molar-refractivity contribution in [2.45, 2.75) is 65.5 Å². The molecule has 2 aromatic carbocycles. The topological polar surface area (TPSA) is 77.2 Å². The van der Waals surface area contributed by atoms with Crippen LogP contribution in [0, 0.1) is 20.8 Å². The second-order valence-electron chi connectivity index (χ2n) is 9.48. The molecule has 1 amide bonds. The number of aromatic nitrogens is 3. The summed E-state index contributed by atoms with van der Waals surface area (Å²) in [6.45, 7) is 5.90. The van der Waals surface area contributed by atoms with E-state index in [1.807, 2.05) is 63.2 Å². The van der Waals surface area contributed by atoms with Gasteiger partial charge in [-0.15, -0.1) is 0 Å². The molecule has 0 N–H and O–H groups in total. The first-order valence-corrected chi connectivity index (χ1v) is 11.9. The Kier molecular flexibility index (Phi) is 6.82. The summed E-state index contributed by atoms with van der Waals surface area (Å²) in [6.07, 6.45) is 5.12. The van der Waals surface area contributed by atoms with Gasteiger partial charge >= 0.3 is 5.69 Å². The van der Waals surface area contributed by atoms with Crippen LogP contribution in [0.25, 0.3) is 5.69 Å². The van der Waals surface area contributed by atoms with Gasteiger partial charge in [-0.1, -0.05) is 55.2 Å². The summed E-state index contributed by atoms with van der Waals surface area (Å²) in [5.74, 6) is -0.437. The Hall–Kier alpha value is -3.48. The third kappa shape index (κ3) is 4.88. The minimum absolute atomic E-state index is 0.0695. The normalized spacial score (nSPS) is 14.2. The van der Waals surface area contributed by atoms with Gasteiger partial charge in [0.15, 0.2) is 0 Å². The molecule has 1 aliphatic carbocycles. The van der Waals surface area contributed by atoms with Gasteiger partial charge in [0.1, 0.15) is 0 Å². The van der Waals surface area contributed by atoms with E-state index in [-0.39, 0.29) is 18.3 Å². The summed E-state index contributed by atoms with van der Waals surface area (Å²) in [6, 6.07) is 13.4. The van der Waals surface area contributed by atoms with Crippen LogP contribution in [0.1, 0.15) is 64.8 Å². The summed E-state index contributed by atoms with van der Waals surface area (Å²) >= 11 is 0. The minimum Gasteiger partial charge on any atom is -0.337 e. The fourth-order valence-electron chi connectivity index (χ4n) is 4.82. The Morgan fingerprint density at radius 3 is 2.29 bits per heavy atom. The molecule has 0 saturated heterocycles. The molecule has 1 fully saturated rings. The molecule has 4 rings (SSSR count). The maximum absolute atomic E-state index is 13.5. The molecule has 1 aliphatic rings. The fraction of sp³-hybridized carbons (Fsp3) is 0.407. The van der Waals surface area contributed by atoms with Gasteiger partial charge in [-0.05, 0) is 62.4 Å². The average Bonchev–Trinajstić information content (AvgIpc) is 2.81. The monoisotopic (exact) mass is 460 g/mol. The zero-order valence-electron chi connectivity index (χ0n) is 20.4. The van der Waals surface area contributed by atoms with Gasteiger partial charge in [-0.25, -0.2) is 4.79 Å². The lowest BCUT2D eigenvalue weighted by Crippen LogP contribution is -2.48. The second-order valence-corrected chi connectivity index (χ2v) is 9.48. The molecular formula is C27H32N4O3. The molecule has 0 unspecified atom stereocenters. The number of rotatable bonds is 5. The Bertz CT molecular complexity index is 1310. The maximum atomic E-state index is 13.5. The van der Waals surface area contributed by atoms with Crippen molar-refractivity contribution in [2.24, 2.45) is 0 Å². The highest BCUT2D eigenvalue weighted by Crippen LogP contribution is 2.22. The molecule has 0 atom stereocenters. The SMILES string of the molecule is Cc1cccc(Cn2c(=O)c(C(=O)N(C)C3CCCCC3)nn(-c3cc(C)cc(C)c3)c2=O)c1. The van der Waals surface area contributed by atoms with E-state index in [0.29, 0.717) is 5.69 Å². The molecule has 1 aromatic heterocycles. The molecule has 34 heavy (non-hydrogen) atoms. The van der Waals surface area contributed by atoms with E-state index in [9.17, 15) is 14.4 Å². The van der Waals surface area contributed by atoms with Gasteiger partial charge in [0, 0.05) is 13.1 Å². The lowest BCUT2D eigenvalue weighted by molar-refractivity contribution is 0.0684. The largest absolute Gasteiger partial charge is 0.352 e. The van der Waals surface area contributed by atoms with Crippen LogP contribution in [0.4, 0.5) is 0 Å². The number of benzene rings is 2. The van der Waals surface area contributed by atoms with Crippen LogP contribution in [-0.2, 0) is 6.54 Å². The summed E-state index contributed by atoms with van der Waals surface area (Å²) in [5, 5.41) is 4.34. The van der Waals surface area contributed by atoms with Crippen LogP contribution >= 0.6 is 0 Å². The molecule has 0 radical (unpaired) electrons. The van der Waals surface area contributed by atoms with E-state index in [4.69, 9.17) is 0 Å². The van der Waals surface area contributed by atoms with Crippen LogP contribution in [0.5, 0.6) is 0 Å². The van der Waals surface area contributed by atoms with Gasteiger partial charge in [0.2, 0.25) is 5.69 Å². The van der Waals surface area contributed by atoms with Gasteiger partial charge in [0.05, 0.1) is 12.2 Å². The van der Waals surface area contributed by atoms with Crippen LogP contribution in [0.15, 0.2) is 52.1 Å². The van der Waals surface area contributed by atoms with Crippen LogP contribution < -0.4 is 11.2 Å². The summed E-state index contributed by atoms with van der Waals surface area (Å²) < 4.78 is 2.32. The highest BCUT2D eigenvalue weighted by molar-refractivity contribution is 5.91. The molecule has 0 spiro atoms. The Morgan fingerprint density at radius 2 is 1.65 bits per heavy atom. The third-order valence-corrected chi connectivity index (χ3v) is 6.58. The number of carbonyl (C=O) groups is 1. The predicted octanol–water partition coefficient (Wildman–Crippen LogP) is 3.77. The summed E-state index contributed by atoms with van der Waals surface area (Å²) in [5.41, 5.74) is 2.88. The molecule has 0 aliphatic heterocycles. The summed E-state index contributed by atoms with van der Waals surface area (Å²) in [4.78, 5) is 42.1. The van der Waals surface area contributed by atoms with Gasteiger partial charge in [0.25, 0.3) is 11.5 Å². The van der Waals surface area contributed by atoms with Crippen molar-refractivity contribution in [1.29, 1.82) is 0 Å². The molecule has 1 saturated carbocycles. The van der Waals surface area contributed by atoms with Crippen molar-refractivity contribution >= 4 is 5.91 Å². The Balaban J connectivity index is 1.87. The van der Waals surface area contributed by atoms with E-state index in [0.717, 1.165) is 58.9 Å². The van der Waals surface area contributed by atoms with Gasteiger partial charge in [-0.3, -0.25) is 14.2 Å². The number of nitrogens with zero attached hydrogens (tertiary/aromatic N) is 4. The van der Waals surface area contributed by atoms with Gasteiger partial charge < -0.3 is 4.90 Å². The number of aryl methyl sites for hydroxylation is 3. The van der Waals surface area contributed by atoms with E-state index >= 15 is 0 Å². The van der Waals surface area contributed by atoms with Gasteiger partial charge in [-0.2, -0.15) is 9.78 Å². The number of hydrogen-bond donors (Lipinski definition) is 0. The van der Waals surface area contributed by atoms with Crippen LogP contribution in [-0.4, -0.2) is 38.2 Å². The molecule has 178 valence electrons. The van der Waals surface area contributed by atoms with Crippen molar-refractivity contribution < 1.29 is 4.79 Å². The second kappa shape index (κ2) is 9.79. The smallest absolute Gasteiger partial charge is 0.337 e. The van der Waals surface area contributed by atoms with Crippen molar-refractivity contribution in [1.82, 2.24) is 19.2 Å². The Morgan fingerprint density at radius 1 is 0.971 bits per heavy atom. The molecule has 3 aromatic rings. The first-order chi connectivity index (χ1) is 16.2. The fourth-order valence-corrected chi connectivity index (χ4v) is 4.82. The molecule has 7 nitrogen and oxygen atoms in total. The molecule has 7 heteroatoms. The number of carbonyl (C=O) groups excluding carboxylic acids is 1. The first kappa shape index (κ1) is 23.7. The molecule has 1 heterocycles. The quantitative estimate of drug-likeness (QED) is 0.581. The van der Waals surface area contributed by atoms with E-state index in [1.54, 1.807) is 11.9 Å². The highest BCUT2D eigenvalue weighted by Gasteiger charge is 2.28. The number of amides is 1. The minimum atomic E-state index is -0.653. The average molecular weight is 461 g/mol. The lowest BCUT2D eigenvalue weighted by atomic mass is 9.94. The standard InChI is InChI=1S/C27H32N4O3/c1-18-9-8-10-21(14-18)17-30-26(33)24(25(32)29(4)22-11-6-5-7-12-22)28-31(27(30)34)23-15-19(2)13-20(3)16-23/h8-10,13-16,22H,5-7,11-12,17H2,1-4H3. The molecule has 0 bridgehead atoms. The Labute approximate surface area is 199 Å². The predicted molar refractivity (Wildman–Crippen MR) is 133 cm³/mol. The third-order valence-electron chi connectivity index (χ3n) is 6.58. The van der Waals surface area contributed by atoms with E-state index < -0.39 is 17.2 Å². The maximum Gasteiger partial charge on any atom is 0.352 e. The van der Waals surface area contributed by atoms with Crippen molar-refractivity contribution in [2.75, 3.05) is 7.05 Å². The number of hydrogen-bond acceptors (Lipinski definition) is 4. The van der Waals surface area contributed by atoms with Crippen molar-refractivity contribution in [3.05, 3.63) is 91.3 Å². The zero-order chi connectivity index (χ0) is 24.4. The van der Waals surface area contributed by atoms with E-state index in [1.165, 1.54) is 4.68 Å². The van der Waals surface area contributed by atoms with Crippen LogP contribution in [0.2, 0.25) is 0 Å².